The fraction of sp³-hybridized carbons (Fsp3) is 0.227. The van der Waals surface area contributed by atoms with Crippen LogP contribution in [0.25, 0.3) is 0 Å². The molecule has 0 aliphatic carbocycles. The van der Waals surface area contributed by atoms with Gasteiger partial charge >= 0.3 is 0 Å². The Labute approximate surface area is 183 Å². The SMILES string of the molecule is C=CCn1c(COc2cc(C)ccc2C)nnc1SCC(=O)Nc1cc(F)ccc1F. The van der Waals surface area contributed by atoms with Gasteiger partial charge in [0.15, 0.2) is 11.0 Å². The minimum atomic E-state index is -0.708. The number of anilines is 1. The standard InChI is InChI=1S/C22H22F2N4O2S/c1-4-9-28-20(12-30-19-10-14(2)5-6-15(19)3)26-27-22(28)31-13-21(29)25-18-11-16(23)7-8-17(18)24/h4-8,10-11H,1,9,12-13H2,2-3H3,(H,25,29). The second kappa shape index (κ2) is 10.2. The lowest BCUT2D eigenvalue weighted by Crippen LogP contribution is -2.16. The molecule has 0 spiro atoms. The average molecular weight is 445 g/mol. The quantitative estimate of drug-likeness (QED) is 0.384. The Morgan fingerprint density at radius 1 is 1.23 bits per heavy atom. The molecule has 6 nitrogen and oxygen atoms in total. The van der Waals surface area contributed by atoms with E-state index in [0.29, 0.717) is 17.5 Å². The van der Waals surface area contributed by atoms with Crippen molar-refractivity contribution in [2.75, 3.05) is 11.1 Å². The molecule has 9 heteroatoms. The van der Waals surface area contributed by atoms with Crippen LogP contribution >= 0.6 is 11.8 Å². The lowest BCUT2D eigenvalue weighted by Gasteiger charge is -2.11. The molecule has 0 aliphatic rings. The zero-order valence-electron chi connectivity index (χ0n) is 17.2. The summed E-state index contributed by atoms with van der Waals surface area (Å²) in [5.74, 6) is -0.540. The molecular weight excluding hydrogens is 422 g/mol. The van der Waals surface area contributed by atoms with E-state index in [-0.39, 0.29) is 18.0 Å². The summed E-state index contributed by atoms with van der Waals surface area (Å²) < 4.78 is 34.7. The van der Waals surface area contributed by atoms with Crippen molar-refractivity contribution < 1.29 is 18.3 Å². The number of allylic oxidation sites excluding steroid dienone is 1. The topological polar surface area (TPSA) is 69.0 Å². The van der Waals surface area contributed by atoms with Gasteiger partial charge in [-0.15, -0.1) is 16.8 Å². The van der Waals surface area contributed by atoms with Crippen LogP contribution < -0.4 is 10.1 Å². The molecule has 1 heterocycles. The van der Waals surface area contributed by atoms with Crippen molar-refractivity contribution in [3.63, 3.8) is 0 Å². The molecule has 0 fully saturated rings. The minimum absolute atomic E-state index is 0.0525. The van der Waals surface area contributed by atoms with Gasteiger partial charge in [-0.2, -0.15) is 0 Å². The van der Waals surface area contributed by atoms with Gasteiger partial charge in [-0.3, -0.25) is 9.36 Å². The monoisotopic (exact) mass is 444 g/mol. The molecule has 0 atom stereocenters. The maximum atomic E-state index is 13.7. The van der Waals surface area contributed by atoms with Gasteiger partial charge in [0.1, 0.15) is 24.0 Å². The molecular formula is C22H22F2N4O2S. The minimum Gasteiger partial charge on any atom is -0.485 e. The number of hydrogen-bond donors (Lipinski definition) is 1. The number of rotatable bonds is 9. The first-order chi connectivity index (χ1) is 14.9. The van der Waals surface area contributed by atoms with E-state index in [4.69, 9.17) is 4.74 Å². The summed E-state index contributed by atoms with van der Waals surface area (Å²) in [4.78, 5) is 12.2. The zero-order valence-corrected chi connectivity index (χ0v) is 18.0. The normalized spacial score (nSPS) is 10.7. The van der Waals surface area contributed by atoms with Gasteiger partial charge in [0.25, 0.3) is 0 Å². The molecule has 2 aromatic carbocycles. The van der Waals surface area contributed by atoms with Gasteiger partial charge < -0.3 is 10.1 Å². The van der Waals surface area contributed by atoms with Crippen LogP contribution in [-0.2, 0) is 17.9 Å². The van der Waals surface area contributed by atoms with Gasteiger partial charge in [0.05, 0.1) is 11.4 Å². The number of ether oxygens (including phenoxy) is 1. The summed E-state index contributed by atoms with van der Waals surface area (Å²) in [6, 6.07) is 8.83. The lowest BCUT2D eigenvalue weighted by atomic mass is 10.1. The van der Waals surface area contributed by atoms with Gasteiger partial charge in [0, 0.05) is 12.6 Å². The van der Waals surface area contributed by atoms with E-state index in [1.807, 2.05) is 32.0 Å². The number of nitrogens with zero attached hydrogens (tertiary/aromatic N) is 3. The molecule has 0 bridgehead atoms. The second-order valence-corrected chi connectivity index (χ2v) is 7.76. The lowest BCUT2D eigenvalue weighted by molar-refractivity contribution is -0.113. The predicted octanol–water partition coefficient (Wildman–Crippen LogP) is 4.67. The van der Waals surface area contributed by atoms with Crippen LogP contribution in [0.3, 0.4) is 0 Å². The van der Waals surface area contributed by atoms with Crippen molar-refractivity contribution in [3.05, 3.63) is 77.6 Å². The van der Waals surface area contributed by atoms with Crippen molar-refractivity contribution >= 4 is 23.4 Å². The Balaban J connectivity index is 1.65. The first-order valence-corrected chi connectivity index (χ1v) is 10.5. The van der Waals surface area contributed by atoms with Gasteiger partial charge in [-0.25, -0.2) is 8.78 Å². The highest BCUT2D eigenvalue weighted by Gasteiger charge is 2.15. The number of carbonyl (C=O) groups is 1. The number of hydrogen-bond acceptors (Lipinski definition) is 5. The van der Waals surface area contributed by atoms with E-state index >= 15 is 0 Å². The summed E-state index contributed by atoms with van der Waals surface area (Å²) in [6.07, 6.45) is 1.69. The number of halogens is 2. The van der Waals surface area contributed by atoms with E-state index in [0.717, 1.165) is 46.8 Å². The zero-order chi connectivity index (χ0) is 22.4. The molecule has 0 aliphatic heterocycles. The third kappa shape index (κ3) is 5.91. The van der Waals surface area contributed by atoms with Crippen molar-refractivity contribution in [1.82, 2.24) is 14.8 Å². The largest absolute Gasteiger partial charge is 0.485 e. The summed E-state index contributed by atoms with van der Waals surface area (Å²) in [5, 5.41) is 11.2. The van der Waals surface area contributed by atoms with Gasteiger partial charge in [-0.05, 0) is 43.2 Å². The number of aromatic nitrogens is 3. The molecule has 0 radical (unpaired) electrons. The molecule has 0 saturated carbocycles. The number of carbonyl (C=O) groups excluding carboxylic acids is 1. The first-order valence-electron chi connectivity index (χ1n) is 9.48. The molecule has 31 heavy (non-hydrogen) atoms. The Hall–Kier alpha value is -3.20. The molecule has 1 N–H and O–H groups in total. The number of benzene rings is 2. The number of nitrogens with one attached hydrogen (secondary N) is 1. The molecule has 1 amide bonds. The Bertz CT molecular complexity index is 1100. The predicted molar refractivity (Wildman–Crippen MR) is 116 cm³/mol. The summed E-state index contributed by atoms with van der Waals surface area (Å²) in [6.45, 7) is 8.33. The highest BCUT2D eigenvalue weighted by atomic mass is 32.2. The van der Waals surface area contributed by atoms with Crippen LogP contribution in [0.4, 0.5) is 14.5 Å². The maximum absolute atomic E-state index is 13.7. The maximum Gasteiger partial charge on any atom is 0.234 e. The molecule has 0 saturated heterocycles. The molecule has 1 aromatic heterocycles. The first kappa shape index (κ1) is 22.5. The van der Waals surface area contributed by atoms with E-state index < -0.39 is 17.5 Å². The Morgan fingerprint density at radius 2 is 2.03 bits per heavy atom. The van der Waals surface area contributed by atoms with E-state index in [9.17, 15) is 13.6 Å². The third-order valence-electron chi connectivity index (χ3n) is 4.34. The van der Waals surface area contributed by atoms with E-state index in [1.165, 1.54) is 0 Å². The molecule has 3 rings (SSSR count). The number of amides is 1. The van der Waals surface area contributed by atoms with Crippen LogP contribution in [0, 0.1) is 25.5 Å². The van der Waals surface area contributed by atoms with Crippen LogP contribution in [-0.4, -0.2) is 26.4 Å². The Kier molecular flexibility index (Phi) is 7.41. The summed E-state index contributed by atoms with van der Waals surface area (Å²) in [5.41, 5.74) is 1.89. The number of aryl methyl sites for hydroxylation is 2. The van der Waals surface area contributed by atoms with Gasteiger partial charge in [-0.1, -0.05) is 30.0 Å². The van der Waals surface area contributed by atoms with Crippen LogP contribution in [0.5, 0.6) is 5.75 Å². The molecule has 162 valence electrons. The third-order valence-corrected chi connectivity index (χ3v) is 5.31. The molecule has 3 aromatic rings. The van der Waals surface area contributed by atoms with Crippen LogP contribution in [0.15, 0.2) is 54.2 Å². The highest BCUT2D eigenvalue weighted by Crippen LogP contribution is 2.23. The Morgan fingerprint density at radius 3 is 2.81 bits per heavy atom. The molecule has 0 unspecified atom stereocenters. The summed E-state index contributed by atoms with van der Waals surface area (Å²) in [7, 11) is 0. The van der Waals surface area contributed by atoms with Crippen molar-refractivity contribution in [2.45, 2.75) is 32.2 Å². The summed E-state index contributed by atoms with van der Waals surface area (Å²) >= 11 is 1.13. The second-order valence-electron chi connectivity index (χ2n) is 6.82. The fourth-order valence-electron chi connectivity index (χ4n) is 2.76. The van der Waals surface area contributed by atoms with Crippen molar-refractivity contribution in [2.24, 2.45) is 0 Å². The highest BCUT2D eigenvalue weighted by molar-refractivity contribution is 7.99. The van der Waals surface area contributed by atoms with E-state index in [1.54, 1.807) is 10.6 Å². The smallest absolute Gasteiger partial charge is 0.234 e. The van der Waals surface area contributed by atoms with Gasteiger partial charge in [0.2, 0.25) is 5.91 Å². The van der Waals surface area contributed by atoms with Crippen LogP contribution in [0.1, 0.15) is 17.0 Å². The van der Waals surface area contributed by atoms with Crippen LogP contribution in [0.2, 0.25) is 0 Å². The number of thioether (sulfide) groups is 1. The van der Waals surface area contributed by atoms with E-state index in [2.05, 4.69) is 22.1 Å². The fourth-order valence-corrected chi connectivity index (χ4v) is 3.53. The van der Waals surface area contributed by atoms with Crippen molar-refractivity contribution in [1.29, 1.82) is 0 Å². The van der Waals surface area contributed by atoms with Crippen molar-refractivity contribution in [3.8, 4) is 5.75 Å². The average Bonchev–Trinajstić information content (AvgIpc) is 3.12.